The Morgan fingerprint density at radius 1 is 1.08 bits per heavy atom. The Morgan fingerprint density at radius 2 is 1.73 bits per heavy atom. The van der Waals surface area contributed by atoms with Crippen LogP contribution in [0.3, 0.4) is 0 Å². The molecule has 0 aromatic heterocycles. The summed E-state index contributed by atoms with van der Waals surface area (Å²) < 4.78 is 0. The van der Waals surface area contributed by atoms with Crippen molar-refractivity contribution in [3.63, 3.8) is 0 Å². The Balaban J connectivity index is 2.58. The Labute approximate surface area is 155 Å². The van der Waals surface area contributed by atoms with E-state index in [0.717, 1.165) is 6.42 Å². The number of rotatable bonds is 9. The molecule has 0 radical (unpaired) electrons. The second kappa shape index (κ2) is 11.3. The van der Waals surface area contributed by atoms with Crippen molar-refractivity contribution in [2.45, 2.75) is 40.2 Å². The highest BCUT2D eigenvalue weighted by Gasteiger charge is 2.23. The molecule has 0 saturated carbocycles. The number of urea groups is 1. The van der Waals surface area contributed by atoms with E-state index in [2.05, 4.69) is 16.0 Å². The molecular formula is C19H30N4O3. The molecule has 0 spiro atoms. The maximum atomic E-state index is 12.4. The third kappa shape index (κ3) is 8.11. The molecule has 0 unspecified atom stereocenters. The summed E-state index contributed by atoms with van der Waals surface area (Å²) in [6.45, 7) is 8.71. The van der Waals surface area contributed by atoms with Crippen molar-refractivity contribution in [2.75, 3.05) is 25.0 Å². The first kappa shape index (κ1) is 21.6. The lowest BCUT2D eigenvalue weighted by atomic mass is 10.2. The van der Waals surface area contributed by atoms with Crippen LogP contribution in [0.1, 0.15) is 34.1 Å². The Kier molecular flexibility index (Phi) is 9.36. The third-order valence-electron chi connectivity index (χ3n) is 3.75. The summed E-state index contributed by atoms with van der Waals surface area (Å²) in [4.78, 5) is 38.0. The van der Waals surface area contributed by atoms with Gasteiger partial charge in [0.25, 0.3) is 0 Å². The van der Waals surface area contributed by atoms with Gasteiger partial charge in [0.1, 0.15) is 0 Å². The van der Waals surface area contributed by atoms with Gasteiger partial charge in [-0.15, -0.1) is 0 Å². The summed E-state index contributed by atoms with van der Waals surface area (Å²) >= 11 is 0. The number of hydrogen-bond acceptors (Lipinski definition) is 4. The summed E-state index contributed by atoms with van der Waals surface area (Å²) in [7, 11) is 0. The number of hydrogen-bond donors (Lipinski definition) is 3. The second-order valence-electron chi connectivity index (χ2n) is 6.65. The van der Waals surface area contributed by atoms with Crippen molar-refractivity contribution in [1.82, 2.24) is 15.5 Å². The number of nitrogens with one attached hydrogen (secondary N) is 3. The zero-order chi connectivity index (χ0) is 19.5. The van der Waals surface area contributed by atoms with Crippen LogP contribution < -0.4 is 16.0 Å². The Hall–Kier alpha value is -2.41. The maximum absolute atomic E-state index is 12.4. The SMILES string of the molecule is CCCN(CC(=O)NC(=O)NCC(C)C)[C@H](C)C(=O)Nc1ccccc1. The van der Waals surface area contributed by atoms with E-state index in [1.54, 1.807) is 24.0 Å². The molecule has 26 heavy (non-hydrogen) atoms. The van der Waals surface area contributed by atoms with Gasteiger partial charge in [0.15, 0.2) is 0 Å². The van der Waals surface area contributed by atoms with Crippen LogP contribution in [0.4, 0.5) is 10.5 Å². The van der Waals surface area contributed by atoms with Gasteiger partial charge in [-0.25, -0.2) is 4.79 Å². The largest absolute Gasteiger partial charge is 0.338 e. The predicted molar refractivity (Wildman–Crippen MR) is 103 cm³/mol. The Morgan fingerprint density at radius 3 is 2.31 bits per heavy atom. The van der Waals surface area contributed by atoms with Crippen LogP contribution in [0.5, 0.6) is 0 Å². The van der Waals surface area contributed by atoms with E-state index in [1.807, 2.05) is 39.0 Å². The predicted octanol–water partition coefficient (Wildman–Crippen LogP) is 2.21. The number of benzene rings is 1. The molecule has 7 heteroatoms. The number of imide groups is 1. The fourth-order valence-corrected chi connectivity index (χ4v) is 2.32. The van der Waals surface area contributed by atoms with Gasteiger partial charge in [-0.1, -0.05) is 39.0 Å². The van der Waals surface area contributed by atoms with E-state index >= 15 is 0 Å². The van der Waals surface area contributed by atoms with Gasteiger partial charge in [0.05, 0.1) is 12.6 Å². The van der Waals surface area contributed by atoms with Crippen molar-refractivity contribution < 1.29 is 14.4 Å². The minimum atomic E-state index is -0.512. The summed E-state index contributed by atoms with van der Waals surface area (Å²) in [5.41, 5.74) is 0.707. The van der Waals surface area contributed by atoms with Crippen LogP contribution in [0.2, 0.25) is 0 Å². The van der Waals surface area contributed by atoms with Crippen LogP contribution in [-0.2, 0) is 9.59 Å². The third-order valence-corrected chi connectivity index (χ3v) is 3.75. The first-order chi connectivity index (χ1) is 12.3. The average molecular weight is 362 g/mol. The van der Waals surface area contributed by atoms with Crippen molar-refractivity contribution in [3.8, 4) is 0 Å². The molecule has 1 aromatic carbocycles. The quantitative estimate of drug-likeness (QED) is 0.628. The first-order valence-electron chi connectivity index (χ1n) is 9.01. The smallest absolute Gasteiger partial charge is 0.321 e. The van der Waals surface area contributed by atoms with Crippen LogP contribution in [0.25, 0.3) is 0 Å². The molecule has 0 saturated heterocycles. The molecule has 0 fully saturated rings. The van der Waals surface area contributed by atoms with Gasteiger partial charge in [-0.05, 0) is 37.9 Å². The van der Waals surface area contributed by atoms with E-state index in [4.69, 9.17) is 0 Å². The zero-order valence-electron chi connectivity index (χ0n) is 16.0. The molecule has 7 nitrogen and oxygen atoms in total. The van der Waals surface area contributed by atoms with Crippen LogP contribution in [-0.4, -0.2) is 48.4 Å². The van der Waals surface area contributed by atoms with Gasteiger partial charge >= 0.3 is 6.03 Å². The monoisotopic (exact) mass is 362 g/mol. The van der Waals surface area contributed by atoms with E-state index in [-0.39, 0.29) is 12.5 Å². The molecule has 0 bridgehead atoms. The highest BCUT2D eigenvalue weighted by atomic mass is 16.2. The van der Waals surface area contributed by atoms with Gasteiger partial charge < -0.3 is 10.6 Å². The summed E-state index contributed by atoms with van der Waals surface area (Å²) in [6.07, 6.45) is 0.787. The lowest BCUT2D eigenvalue weighted by molar-refractivity contribution is -0.124. The molecule has 144 valence electrons. The molecule has 0 aliphatic heterocycles. The number of carbonyl (C=O) groups is 3. The lowest BCUT2D eigenvalue weighted by Crippen LogP contribution is -2.50. The normalized spacial score (nSPS) is 11.9. The number of anilines is 1. The van der Waals surface area contributed by atoms with Crippen LogP contribution >= 0.6 is 0 Å². The fraction of sp³-hybridized carbons (Fsp3) is 0.526. The number of carbonyl (C=O) groups excluding carboxylic acids is 3. The molecule has 0 aliphatic carbocycles. The zero-order valence-corrected chi connectivity index (χ0v) is 16.0. The number of nitrogens with zero attached hydrogens (tertiary/aromatic N) is 1. The number of para-hydroxylation sites is 1. The first-order valence-corrected chi connectivity index (χ1v) is 9.01. The molecule has 4 amide bonds. The summed E-state index contributed by atoms with van der Waals surface area (Å²) in [5.74, 6) is -0.324. The average Bonchev–Trinajstić information content (AvgIpc) is 2.59. The Bertz CT molecular complexity index is 590. The van der Waals surface area contributed by atoms with Gasteiger partial charge in [0.2, 0.25) is 11.8 Å². The highest BCUT2D eigenvalue weighted by Crippen LogP contribution is 2.08. The van der Waals surface area contributed by atoms with E-state index in [0.29, 0.717) is 24.7 Å². The fourth-order valence-electron chi connectivity index (χ4n) is 2.32. The number of amides is 4. The van der Waals surface area contributed by atoms with Crippen molar-refractivity contribution in [2.24, 2.45) is 5.92 Å². The topological polar surface area (TPSA) is 90.5 Å². The highest BCUT2D eigenvalue weighted by molar-refractivity contribution is 5.97. The summed E-state index contributed by atoms with van der Waals surface area (Å²) in [6, 6.07) is 8.15. The minimum absolute atomic E-state index is 0.0215. The molecule has 1 rings (SSSR count). The van der Waals surface area contributed by atoms with Crippen molar-refractivity contribution in [1.29, 1.82) is 0 Å². The molecule has 3 N–H and O–H groups in total. The summed E-state index contributed by atoms with van der Waals surface area (Å²) in [5, 5.41) is 7.78. The van der Waals surface area contributed by atoms with Crippen LogP contribution in [0, 0.1) is 5.92 Å². The second-order valence-corrected chi connectivity index (χ2v) is 6.65. The maximum Gasteiger partial charge on any atom is 0.321 e. The molecule has 0 heterocycles. The van der Waals surface area contributed by atoms with E-state index < -0.39 is 18.0 Å². The molecule has 0 aliphatic rings. The van der Waals surface area contributed by atoms with Gasteiger partial charge in [-0.2, -0.15) is 0 Å². The molecular weight excluding hydrogens is 332 g/mol. The lowest BCUT2D eigenvalue weighted by Gasteiger charge is -2.27. The van der Waals surface area contributed by atoms with E-state index in [9.17, 15) is 14.4 Å². The standard InChI is InChI=1S/C19H30N4O3/c1-5-11-23(13-17(24)22-19(26)20-12-14(2)3)15(4)18(25)21-16-9-7-6-8-10-16/h6-10,14-15H,5,11-13H2,1-4H3,(H,21,25)(H2,20,22,24,26)/t15-/m1/s1. The molecule has 1 aromatic rings. The van der Waals surface area contributed by atoms with Gasteiger partial charge in [0, 0.05) is 12.2 Å². The van der Waals surface area contributed by atoms with E-state index in [1.165, 1.54) is 0 Å². The minimum Gasteiger partial charge on any atom is -0.338 e. The van der Waals surface area contributed by atoms with Gasteiger partial charge in [-0.3, -0.25) is 19.8 Å². The molecule has 1 atom stereocenters. The van der Waals surface area contributed by atoms with Crippen molar-refractivity contribution >= 4 is 23.5 Å². The van der Waals surface area contributed by atoms with Crippen molar-refractivity contribution in [3.05, 3.63) is 30.3 Å². The van der Waals surface area contributed by atoms with Crippen LogP contribution in [0.15, 0.2) is 30.3 Å².